The first-order valence-electron chi connectivity index (χ1n) is 5.84. The van der Waals surface area contributed by atoms with Gasteiger partial charge in [-0.1, -0.05) is 0 Å². The molecule has 0 fully saturated rings. The molecule has 1 aromatic rings. The molecule has 1 atom stereocenters. The fraction of sp³-hybridized carbons (Fsp3) is 0.500. The number of nitrogens with two attached hydrogens (primary N) is 1. The molecule has 1 aromatic carbocycles. The average molecular weight is 271 g/mol. The molecule has 0 bridgehead atoms. The predicted octanol–water partition coefficient (Wildman–Crippen LogP) is 1.30. The van der Waals surface area contributed by atoms with Gasteiger partial charge in [-0.25, -0.2) is 8.42 Å². The van der Waals surface area contributed by atoms with E-state index in [1.54, 1.807) is 0 Å². The second-order valence-electron chi connectivity index (χ2n) is 4.39. The smallest absolute Gasteiger partial charge is 0.210 e. The van der Waals surface area contributed by atoms with Crippen LogP contribution in [0.25, 0.3) is 0 Å². The van der Waals surface area contributed by atoms with Crippen LogP contribution in [0.15, 0.2) is 18.2 Å². The predicted molar refractivity (Wildman–Crippen MR) is 76.1 cm³/mol. The van der Waals surface area contributed by atoms with Gasteiger partial charge in [-0.2, -0.15) is 4.72 Å². The summed E-state index contributed by atoms with van der Waals surface area (Å²) in [6.45, 7) is 6.43. The first kappa shape index (κ1) is 14.8. The van der Waals surface area contributed by atoms with Gasteiger partial charge in [0.2, 0.25) is 10.0 Å². The van der Waals surface area contributed by atoms with E-state index in [0.29, 0.717) is 6.54 Å². The Kier molecular flexibility index (Phi) is 4.59. The van der Waals surface area contributed by atoms with Gasteiger partial charge in [-0.3, -0.25) is 0 Å². The summed E-state index contributed by atoms with van der Waals surface area (Å²) in [5.41, 5.74) is 8.45. The Morgan fingerprint density at radius 3 is 2.50 bits per heavy atom. The molecular weight excluding hydrogens is 250 g/mol. The Labute approximate surface area is 109 Å². The number of anilines is 2. The Morgan fingerprint density at radius 2 is 2.06 bits per heavy atom. The molecule has 0 aliphatic carbocycles. The fourth-order valence-corrected chi connectivity index (χ4v) is 2.64. The van der Waals surface area contributed by atoms with Crippen LogP contribution in [0, 0.1) is 6.92 Å². The van der Waals surface area contributed by atoms with Gasteiger partial charge in [0.05, 0.1) is 12.4 Å². The first-order valence-corrected chi connectivity index (χ1v) is 7.73. The Hall–Kier alpha value is -1.27. The summed E-state index contributed by atoms with van der Waals surface area (Å²) in [7, 11) is -3.22. The molecule has 18 heavy (non-hydrogen) atoms. The first-order chi connectivity index (χ1) is 8.24. The molecule has 0 aliphatic heterocycles. The molecule has 1 unspecified atom stereocenters. The number of benzene rings is 1. The summed E-state index contributed by atoms with van der Waals surface area (Å²) in [5, 5.41) is 0. The monoisotopic (exact) mass is 271 g/mol. The Morgan fingerprint density at radius 1 is 1.44 bits per heavy atom. The third-order valence-corrected chi connectivity index (χ3v) is 3.55. The van der Waals surface area contributed by atoms with Gasteiger partial charge in [0, 0.05) is 17.9 Å². The quantitative estimate of drug-likeness (QED) is 0.625. The highest BCUT2D eigenvalue weighted by atomic mass is 32.2. The van der Waals surface area contributed by atoms with Gasteiger partial charge in [0.15, 0.2) is 0 Å². The van der Waals surface area contributed by atoms with Crippen molar-refractivity contribution in [2.24, 2.45) is 0 Å². The van der Waals surface area contributed by atoms with Gasteiger partial charge in [-0.05, 0) is 44.5 Å². The number of nitrogens with one attached hydrogen (secondary N) is 1. The third kappa shape index (κ3) is 3.89. The lowest BCUT2D eigenvalue weighted by atomic mass is 10.1. The van der Waals surface area contributed by atoms with Crippen LogP contribution in [-0.2, 0) is 10.0 Å². The minimum atomic E-state index is -3.22. The topological polar surface area (TPSA) is 75.4 Å². The second kappa shape index (κ2) is 5.58. The molecule has 0 aromatic heterocycles. The van der Waals surface area contributed by atoms with Crippen molar-refractivity contribution in [2.75, 3.05) is 23.4 Å². The molecule has 0 heterocycles. The zero-order valence-corrected chi connectivity index (χ0v) is 12.1. The molecule has 0 saturated carbocycles. The van der Waals surface area contributed by atoms with E-state index < -0.39 is 10.0 Å². The van der Waals surface area contributed by atoms with Gasteiger partial charge < -0.3 is 10.6 Å². The highest BCUT2D eigenvalue weighted by Crippen LogP contribution is 2.21. The zero-order valence-electron chi connectivity index (χ0n) is 11.3. The van der Waals surface area contributed by atoms with Crippen LogP contribution in [0.2, 0.25) is 0 Å². The molecule has 102 valence electrons. The van der Waals surface area contributed by atoms with Crippen molar-refractivity contribution in [3.05, 3.63) is 23.8 Å². The fourth-order valence-electron chi connectivity index (χ4n) is 1.89. The Bertz CT molecular complexity index is 514. The van der Waals surface area contributed by atoms with Crippen molar-refractivity contribution in [3.63, 3.8) is 0 Å². The molecule has 6 heteroatoms. The number of nitrogen functional groups attached to an aromatic ring is 1. The average Bonchev–Trinajstić information content (AvgIpc) is 2.21. The largest absolute Gasteiger partial charge is 0.399 e. The SMILES string of the molecule is CCN(c1ccc(N)c(C)c1)C(C)NS(C)(=O)=O. The standard InChI is InChI=1S/C12H21N3O2S/c1-5-15(10(3)14-18(4,16)17)11-6-7-12(13)9(2)8-11/h6-8,10,14H,5,13H2,1-4H3. The summed E-state index contributed by atoms with van der Waals surface area (Å²) in [6.07, 6.45) is 0.860. The third-order valence-electron chi connectivity index (χ3n) is 2.78. The second-order valence-corrected chi connectivity index (χ2v) is 6.17. The number of nitrogens with zero attached hydrogens (tertiary/aromatic N) is 1. The lowest BCUT2D eigenvalue weighted by Gasteiger charge is -2.30. The van der Waals surface area contributed by atoms with Crippen molar-refractivity contribution >= 4 is 21.4 Å². The molecule has 0 spiro atoms. The number of aryl methyl sites for hydroxylation is 1. The number of sulfonamides is 1. The van der Waals surface area contributed by atoms with Crippen LogP contribution in [0.4, 0.5) is 11.4 Å². The van der Waals surface area contributed by atoms with Gasteiger partial charge in [0.1, 0.15) is 0 Å². The molecule has 0 amide bonds. The van der Waals surface area contributed by atoms with Crippen LogP contribution in [0.5, 0.6) is 0 Å². The van der Waals surface area contributed by atoms with E-state index in [1.807, 2.05) is 43.9 Å². The van der Waals surface area contributed by atoms with Gasteiger partial charge in [0.25, 0.3) is 0 Å². The molecule has 1 rings (SSSR count). The molecule has 0 aliphatic rings. The number of hydrogen-bond acceptors (Lipinski definition) is 4. The minimum absolute atomic E-state index is 0.298. The molecule has 5 nitrogen and oxygen atoms in total. The number of hydrogen-bond donors (Lipinski definition) is 2. The van der Waals surface area contributed by atoms with E-state index in [9.17, 15) is 8.42 Å². The molecule has 0 radical (unpaired) electrons. The maximum atomic E-state index is 11.3. The van der Waals surface area contributed by atoms with Crippen LogP contribution in [0.3, 0.4) is 0 Å². The van der Waals surface area contributed by atoms with E-state index in [1.165, 1.54) is 0 Å². The van der Waals surface area contributed by atoms with Crippen LogP contribution < -0.4 is 15.4 Å². The van der Waals surface area contributed by atoms with Crippen LogP contribution in [0.1, 0.15) is 19.4 Å². The van der Waals surface area contributed by atoms with Crippen molar-refractivity contribution in [1.29, 1.82) is 0 Å². The zero-order chi connectivity index (χ0) is 13.9. The van der Waals surface area contributed by atoms with Crippen molar-refractivity contribution in [1.82, 2.24) is 4.72 Å². The highest BCUT2D eigenvalue weighted by Gasteiger charge is 2.16. The highest BCUT2D eigenvalue weighted by molar-refractivity contribution is 7.88. The minimum Gasteiger partial charge on any atom is -0.399 e. The van der Waals surface area contributed by atoms with E-state index in [4.69, 9.17) is 5.73 Å². The van der Waals surface area contributed by atoms with E-state index in [-0.39, 0.29) is 6.17 Å². The molecule has 3 N–H and O–H groups in total. The van der Waals surface area contributed by atoms with Gasteiger partial charge >= 0.3 is 0 Å². The normalized spacial score (nSPS) is 13.3. The lowest BCUT2D eigenvalue weighted by Crippen LogP contribution is -2.46. The van der Waals surface area contributed by atoms with Crippen LogP contribution >= 0.6 is 0 Å². The van der Waals surface area contributed by atoms with Crippen molar-refractivity contribution in [2.45, 2.75) is 26.9 Å². The van der Waals surface area contributed by atoms with Crippen LogP contribution in [-0.4, -0.2) is 27.4 Å². The van der Waals surface area contributed by atoms with E-state index in [2.05, 4.69) is 4.72 Å². The summed E-state index contributed by atoms with van der Waals surface area (Å²) in [5.74, 6) is 0. The lowest BCUT2D eigenvalue weighted by molar-refractivity contribution is 0.555. The van der Waals surface area contributed by atoms with Crippen molar-refractivity contribution < 1.29 is 8.42 Å². The van der Waals surface area contributed by atoms with Gasteiger partial charge in [-0.15, -0.1) is 0 Å². The summed E-state index contributed by atoms with van der Waals surface area (Å²) in [6, 6.07) is 5.69. The number of rotatable bonds is 5. The molecule has 0 saturated heterocycles. The molecular formula is C12H21N3O2S. The van der Waals surface area contributed by atoms with E-state index in [0.717, 1.165) is 23.2 Å². The summed E-state index contributed by atoms with van der Waals surface area (Å²) in [4.78, 5) is 1.97. The maximum Gasteiger partial charge on any atom is 0.210 e. The summed E-state index contributed by atoms with van der Waals surface area (Å²) < 4.78 is 25.1. The maximum absolute atomic E-state index is 11.3. The summed E-state index contributed by atoms with van der Waals surface area (Å²) >= 11 is 0. The Balaban J connectivity index is 2.98. The van der Waals surface area contributed by atoms with Crippen molar-refractivity contribution in [3.8, 4) is 0 Å². The van der Waals surface area contributed by atoms with E-state index >= 15 is 0 Å².